The first-order valence-corrected chi connectivity index (χ1v) is 9.76. The molecule has 0 spiro atoms. The van der Waals surface area contributed by atoms with Crippen LogP contribution in [-0.2, 0) is 11.3 Å². The van der Waals surface area contributed by atoms with E-state index in [0.717, 1.165) is 24.7 Å². The summed E-state index contributed by atoms with van der Waals surface area (Å²) in [6.45, 7) is 4.35. The molecule has 8 heteroatoms. The highest BCUT2D eigenvalue weighted by Crippen LogP contribution is 2.38. The van der Waals surface area contributed by atoms with Gasteiger partial charge in [-0.1, -0.05) is 24.9 Å². The lowest BCUT2D eigenvalue weighted by atomic mass is 10.2. The zero-order valence-electron chi connectivity index (χ0n) is 15.0. The van der Waals surface area contributed by atoms with Gasteiger partial charge in [-0.3, -0.25) is 9.69 Å². The highest BCUT2D eigenvalue weighted by Gasteiger charge is 2.24. The third kappa shape index (κ3) is 4.14. The molecule has 6 nitrogen and oxygen atoms in total. The first kappa shape index (κ1) is 19.4. The number of ether oxygens (including phenoxy) is 1. The van der Waals surface area contributed by atoms with Gasteiger partial charge in [-0.2, -0.15) is 0 Å². The molecule has 3 aromatic heterocycles. The lowest BCUT2D eigenvalue weighted by Crippen LogP contribution is -2.31. The maximum absolute atomic E-state index is 12.8. The van der Waals surface area contributed by atoms with Crippen LogP contribution in [0.1, 0.15) is 40.8 Å². The summed E-state index contributed by atoms with van der Waals surface area (Å²) in [6.07, 6.45) is 3.53. The van der Waals surface area contributed by atoms with E-state index in [1.54, 1.807) is 24.5 Å². The van der Waals surface area contributed by atoms with Crippen molar-refractivity contribution in [2.75, 3.05) is 11.5 Å². The minimum atomic E-state index is -0.498. The quantitative estimate of drug-likeness (QED) is 0.290. The molecule has 0 saturated heterocycles. The Morgan fingerprint density at radius 3 is 2.96 bits per heavy atom. The van der Waals surface area contributed by atoms with Crippen LogP contribution in [0.3, 0.4) is 0 Å². The van der Waals surface area contributed by atoms with E-state index in [-0.39, 0.29) is 11.7 Å². The molecule has 0 saturated carbocycles. The summed E-state index contributed by atoms with van der Waals surface area (Å²) in [5.41, 5.74) is 1.89. The van der Waals surface area contributed by atoms with Gasteiger partial charge >= 0.3 is 6.09 Å². The number of carbonyl (C=O) groups is 2. The van der Waals surface area contributed by atoms with Crippen molar-refractivity contribution in [3.8, 4) is 0 Å². The molecule has 142 valence electrons. The predicted octanol–water partition coefficient (Wildman–Crippen LogP) is 5.61. The average Bonchev–Trinajstić information content (AvgIpc) is 3.27. The minimum Gasteiger partial charge on any atom is -0.467 e. The number of aryl methyl sites for hydroxylation is 1. The van der Waals surface area contributed by atoms with E-state index >= 15 is 0 Å². The molecule has 3 aromatic rings. The van der Waals surface area contributed by atoms with Crippen LogP contribution in [0.25, 0.3) is 10.2 Å². The summed E-state index contributed by atoms with van der Waals surface area (Å²) in [4.78, 5) is 30.5. The standard InChI is InChI=1S/C19H19ClN2O4S/c1-3-4-7-26-19(24)22(10-13-6-5-8-25-13)14-9-16(20)21-17-12(2)15(11-23)27-18(14)17/h5-6,8-9,11H,3-4,7,10H2,1-2H3. The molecule has 3 heterocycles. The second kappa shape index (κ2) is 8.54. The highest BCUT2D eigenvalue weighted by molar-refractivity contribution is 7.21. The first-order valence-electron chi connectivity index (χ1n) is 8.56. The molecule has 1 amide bonds. The number of carbonyl (C=O) groups excluding carboxylic acids is 2. The predicted molar refractivity (Wildman–Crippen MR) is 106 cm³/mol. The number of hydrogen-bond acceptors (Lipinski definition) is 6. The number of unbranched alkanes of at least 4 members (excludes halogenated alkanes) is 1. The van der Waals surface area contributed by atoms with Crippen LogP contribution in [0, 0.1) is 6.92 Å². The van der Waals surface area contributed by atoms with Gasteiger partial charge in [0.05, 0.1) is 40.2 Å². The number of aromatic nitrogens is 1. The summed E-state index contributed by atoms with van der Waals surface area (Å²) in [7, 11) is 0. The number of fused-ring (bicyclic) bond motifs is 1. The maximum atomic E-state index is 12.8. The lowest BCUT2D eigenvalue weighted by Gasteiger charge is -2.22. The largest absolute Gasteiger partial charge is 0.467 e. The van der Waals surface area contributed by atoms with E-state index in [4.69, 9.17) is 20.8 Å². The van der Waals surface area contributed by atoms with Crippen LogP contribution < -0.4 is 4.90 Å². The summed E-state index contributed by atoms with van der Waals surface area (Å²) in [5.74, 6) is 0.604. The number of furan rings is 1. The van der Waals surface area contributed by atoms with Crippen LogP contribution in [0.5, 0.6) is 0 Å². The first-order chi connectivity index (χ1) is 13.0. The van der Waals surface area contributed by atoms with Crippen LogP contribution >= 0.6 is 22.9 Å². The number of amides is 1. The monoisotopic (exact) mass is 406 g/mol. The van der Waals surface area contributed by atoms with Crippen molar-refractivity contribution in [3.05, 3.63) is 45.8 Å². The van der Waals surface area contributed by atoms with E-state index in [1.807, 2.05) is 13.8 Å². The zero-order chi connectivity index (χ0) is 19.4. The molecule has 0 aliphatic rings. The molecular weight excluding hydrogens is 388 g/mol. The van der Waals surface area contributed by atoms with E-state index in [1.165, 1.54) is 16.2 Å². The van der Waals surface area contributed by atoms with E-state index < -0.39 is 6.09 Å². The second-order valence-corrected chi connectivity index (χ2v) is 7.42. The summed E-state index contributed by atoms with van der Waals surface area (Å²) in [6, 6.07) is 5.14. The molecule has 0 aliphatic heterocycles. The number of thiophene rings is 1. The third-order valence-electron chi connectivity index (χ3n) is 4.09. The summed E-state index contributed by atoms with van der Waals surface area (Å²) >= 11 is 7.49. The molecule has 3 rings (SSSR count). The molecule has 27 heavy (non-hydrogen) atoms. The van der Waals surface area contributed by atoms with Gasteiger partial charge in [0.15, 0.2) is 6.29 Å². The number of halogens is 1. The fourth-order valence-corrected chi connectivity index (χ4v) is 3.92. The highest BCUT2D eigenvalue weighted by atomic mass is 35.5. The normalized spacial score (nSPS) is 10.9. The van der Waals surface area contributed by atoms with E-state index in [2.05, 4.69) is 4.98 Å². The Morgan fingerprint density at radius 2 is 2.30 bits per heavy atom. The van der Waals surface area contributed by atoms with Gasteiger partial charge in [-0.05, 0) is 31.0 Å². The maximum Gasteiger partial charge on any atom is 0.414 e. The molecule has 0 N–H and O–H groups in total. The topological polar surface area (TPSA) is 72.6 Å². The Bertz CT molecular complexity index is 952. The van der Waals surface area contributed by atoms with Gasteiger partial charge in [0.25, 0.3) is 0 Å². The summed E-state index contributed by atoms with van der Waals surface area (Å²) < 4.78 is 11.5. The van der Waals surface area contributed by atoms with Gasteiger partial charge in [-0.25, -0.2) is 9.78 Å². The fourth-order valence-electron chi connectivity index (χ4n) is 2.65. The average molecular weight is 407 g/mol. The van der Waals surface area contributed by atoms with Crippen molar-refractivity contribution in [1.29, 1.82) is 0 Å². The summed E-state index contributed by atoms with van der Waals surface area (Å²) in [5, 5.41) is 0.238. The third-order valence-corrected chi connectivity index (χ3v) is 5.52. The fraction of sp³-hybridized carbons (Fsp3) is 0.316. The van der Waals surface area contributed by atoms with Crippen molar-refractivity contribution in [2.24, 2.45) is 0 Å². The van der Waals surface area contributed by atoms with E-state index in [0.29, 0.717) is 33.1 Å². The minimum absolute atomic E-state index is 0.181. The number of nitrogens with zero attached hydrogens (tertiary/aromatic N) is 2. The van der Waals surface area contributed by atoms with Gasteiger partial charge in [-0.15, -0.1) is 11.3 Å². The van der Waals surface area contributed by atoms with Gasteiger partial charge in [0.2, 0.25) is 0 Å². The van der Waals surface area contributed by atoms with Crippen molar-refractivity contribution >= 4 is 51.2 Å². The van der Waals surface area contributed by atoms with Gasteiger partial charge < -0.3 is 9.15 Å². The molecule has 0 radical (unpaired) electrons. The van der Waals surface area contributed by atoms with Crippen LogP contribution in [0.15, 0.2) is 28.9 Å². The van der Waals surface area contributed by atoms with Crippen LogP contribution in [0.4, 0.5) is 10.5 Å². The number of pyridine rings is 1. The van der Waals surface area contributed by atoms with Gasteiger partial charge in [0.1, 0.15) is 10.9 Å². The molecule has 0 aliphatic carbocycles. The molecule has 0 aromatic carbocycles. The molecular formula is C19H19ClN2O4S. The SMILES string of the molecule is CCCCOC(=O)N(Cc1ccco1)c1cc(Cl)nc2c(C)c(C=O)sc12. The Kier molecular flexibility index (Phi) is 6.13. The number of anilines is 1. The van der Waals surface area contributed by atoms with E-state index in [9.17, 15) is 9.59 Å². The number of hydrogen-bond donors (Lipinski definition) is 0. The molecule has 0 atom stereocenters. The van der Waals surface area contributed by atoms with Crippen molar-refractivity contribution in [2.45, 2.75) is 33.2 Å². The Hall–Kier alpha value is -2.38. The molecule has 0 unspecified atom stereocenters. The van der Waals surface area contributed by atoms with Gasteiger partial charge in [0, 0.05) is 6.07 Å². The lowest BCUT2D eigenvalue weighted by molar-refractivity contribution is 0.112. The van der Waals surface area contributed by atoms with Crippen molar-refractivity contribution in [3.63, 3.8) is 0 Å². The molecule has 0 bridgehead atoms. The van der Waals surface area contributed by atoms with Crippen LogP contribution in [-0.4, -0.2) is 24.0 Å². The van der Waals surface area contributed by atoms with Crippen molar-refractivity contribution in [1.82, 2.24) is 4.98 Å². The Balaban J connectivity index is 2.07. The number of aldehydes is 1. The molecule has 0 fully saturated rings. The van der Waals surface area contributed by atoms with Crippen molar-refractivity contribution < 1.29 is 18.7 Å². The zero-order valence-corrected chi connectivity index (χ0v) is 16.6. The Morgan fingerprint density at radius 1 is 1.48 bits per heavy atom. The van der Waals surface area contributed by atoms with Crippen LogP contribution in [0.2, 0.25) is 5.15 Å². The Labute approximate surface area is 165 Å². The number of rotatable bonds is 7. The smallest absolute Gasteiger partial charge is 0.414 e. The second-order valence-electron chi connectivity index (χ2n) is 5.98.